The first kappa shape index (κ1) is 13.5. The van der Waals surface area contributed by atoms with Crippen molar-refractivity contribution in [2.45, 2.75) is 102 Å². The molecule has 2 aliphatic rings. The molecule has 0 aromatic carbocycles. The average Bonchev–Trinajstić information content (AvgIpc) is 2.33. The quantitative estimate of drug-likeness (QED) is 0.485. The van der Waals surface area contributed by atoms with Crippen molar-refractivity contribution in [1.82, 2.24) is 0 Å². The lowest BCUT2D eigenvalue weighted by atomic mass is 9.06. The van der Waals surface area contributed by atoms with Gasteiger partial charge in [-0.05, 0) is 0 Å². The van der Waals surface area contributed by atoms with E-state index in [1.165, 1.54) is 37.3 Å². The highest BCUT2D eigenvalue weighted by molar-refractivity contribution is 6.83. The van der Waals surface area contributed by atoms with Crippen molar-refractivity contribution in [2.75, 3.05) is 0 Å². The molecular weight excluding hydrogens is 203 g/mol. The Labute approximate surface area is 109 Å². The zero-order valence-electron chi connectivity index (χ0n) is 12.2. The third kappa shape index (κ3) is 2.74. The predicted octanol–water partition coefficient (Wildman–Crippen LogP) is 6.14. The molecule has 2 bridgehead atoms. The van der Waals surface area contributed by atoms with Crippen molar-refractivity contribution in [2.24, 2.45) is 0 Å². The van der Waals surface area contributed by atoms with E-state index >= 15 is 0 Å². The van der Waals surface area contributed by atoms with Crippen LogP contribution in [0, 0.1) is 0 Å². The summed E-state index contributed by atoms with van der Waals surface area (Å²) in [5.74, 6) is 2.33. The number of hydrogen-bond donors (Lipinski definition) is 0. The molecule has 0 aromatic heterocycles. The van der Waals surface area contributed by atoms with Crippen LogP contribution in [0.2, 0.25) is 24.3 Å². The Balaban J connectivity index is 2.10. The van der Waals surface area contributed by atoms with E-state index in [1.807, 2.05) is 0 Å². The van der Waals surface area contributed by atoms with E-state index in [0.717, 1.165) is 0 Å². The molecule has 0 radical (unpaired) electrons. The van der Waals surface area contributed by atoms with E-state index in [9.17, 15) is 0 Å². The van der Waals surface area contributed by atoms with Crippen molar-refractivity contribution in [1.29, 1.82) is 0 Å². The minimum Gasteiger partial charge on any atom is -0.178 e. The van der Waals surface area contributed by atoms with Crippen molar-refractivity contribution >= 4 is 6.15 Å². The Bertz CT molecular complexity index is 192. The highest BCUT2D eigenvalue weighted by Gasteiger charge is 2.42. The third-order valence-electron chi connectivity index (χ3n) is 6.37. The van der Waals surface area contributed by atoms with Crippen LogP contribution in [0.4, 0.5) is 0 Å². The molecule has 2 rings (SSSR count). The average molecular weight is 235 g/mol. The number of unbranched alkanes of at least 4 members (excludes halogenated alkanes) is 2. The largest absolute Gasteiger partial charge is 0.178 e. The Morgan fingerprint density at radius 2 is 1.18 bits per heavy atom. The number of rotatable bonds is 6. The van der Waals surface area contributed by atoms with Gasteiger partial charge in [-0.1, -0.05) is 78.1 Å². The molecule has 0 atom stereocenters. The highest BCUT2D eigenvalue weighted by Crippen LogP contribution is 2.57. The summed E-state index contributed by atoms with van der Waals surface area (Å²) < 4.78 is 0. The normalized spacial score (nSPS) is 31.4. The zero-order chi connectivity index (χ0) is 12.1. The van der Waals surface area contributed by atoms with E-state index < -0.39 is 0 Å². The van der Waals surface area contributed by atoms with Crippen LogP contribution in [-0.2, 0) is 0 Å². The monoisotopic (exact) mass is 235 g/mol. The van der Waals surface area contributed by atoms with Crippen molar-refractivity contribution in [3.05, 3.63) is 0 Å². The molecular formula is C16H32B-. The highest BCUT2D eigenvalue weighted by atomic mass is 14.3. The Morgan fingerprint density at radius 1 is 0.765 bits per heavy atom. The van der Waals surface area contributed by atoms with E-state index in [-0.39, 0.29) is 6.15 Å². The fraction of sp³-hybridized carbons (Fsp3) is 1.00. The van der Waals surface area contributed by atoms with Crippen LogP contribution in [0.3, 0.4) is 0 Å². The van der Waals surface area contributed by atoms with E-state index in [2.05, 4.69) is 13.8 Å². The summed E-state index contributed by atoms with van der Waals surface area (Å²) in [5, 5.41) is 0. The van der Waals surface area contributed by atoms with E-state index in [0.29, 0.717) is 0 Å². The lowest BCUT2D eigenvalue weighted by Crippen LogP contribution is -2.49. The van der Waals surface area contributed by atoms with Gasteiger partial charge in [-0.15, -0.1) is 0 Å². The first-order valence-electron chi connectivity index (χ1n) is 8.53. The molecule has 0 spiro atoms. The van der Waals surface area contributed by atoms with Crippen LogP contribution in [-0.4, -0.2) is 6.15 Å². The van der Waals surface area contributed by atoms with Crippen LogP contribution in [0.1, 0.15) is 78.1 Å². The molecule has 2 aliphatic heterocycles. The Hall–Kier alpha value is 0.0649. The SMILES string of the molecule is CCCC[B-]1(CCCC)C2CCCC1CCC2. The first-order chi connectivity index (χ1) is 8.33. The lowest BCUT2D eigenvalue weighted by Gasteiger charge is -2.60. The molecule has 0 saturated carbocycles. The lowest BCUT2D eigenvalue weighted by molar-refractivity contribution is 0.422. The first-order valence-corrected chi connectivity index (χ1v) is 8.53. The molecule has 0 amide bonds. The zero-order valence-corrected chi connectivity index (χ0v) is 12.2. The molecule has 2 heterocycles. The minimum atomic E-state index is 0.0450. The van der Waals surface area contributed by atoms with Gasteiger partial charge in [-0.3, -0.25) is 0 Å². The van der Waals surface area contributed by atoms with Gasteiger partial charge in [0.05, 0.1) is 0 Å². The van der Waals surface area contributed by atoms with Gasteiger partial charge in [0.25, 0.3) is 0 Å². The second-order valence-corrected chi connectivity index (χ2v) is 7.09. The summed E-state index contributed by atoms with van der Waals surface area (Å²) in [5.41, 5.74) is 0. The molecule has 2 fully saturated rings. The maximum Gasteiger partial charge on any atom is 0.00695 e. The summed E-state index contributed by atoms with van der Waals surface area (Å²) in [6.07, 6.45) is 18.6. The van der Waals surface area contributed by atoms with Crippen LogP contribution in [0.25, 0.3) is 0 Å². The smallest absolute Gasteiger partial charge is 0.00695 e. The van der Waals surface area contributed by atoms with Gasteiger partial charge in [0.1, 0.15) is 0 Å². The summed E-state index contributed by atoms with van der Waals surface area (Å²) in [6.45, 7) is 4.75. The van der Waals surface area contributed by atoms with Gasteiger partial charge in [0.15, 0.2) is 0 Å². The molecule has 100 valence electrons. The van der Waals surface area contributed by atoms with Gasteiger partial charge in [0.2, 0.25) is 0 Å². The van der Waals surface area contributed by atoms with Crippen LogP contribution in [0.15, 0.2) is 0 Å². The molecule has 0 N–H and O–H groups in total. The summed E-state index contributed by atoms with van der Waals surface area (Å²) in [6, 6.07) is 0. The Morgan fingerprint density at radius 3 is 1.53 bits per heavy atom. The van der Waals surface area contributed by atoms with Gasteiger partial charge in [-0.25, -0.2) is 0 Å². The molecule has 17 heavy (non-hydrogen) atoms. The van der Waals surface area contributed by atoms with Crippen molar-refractivity contribution < 1.29 is 0 Å². The second kappa shape index (κ2) is 6.30. The van der Waals surface area contributed by atoms with Crippen LogP contribution >= 0.6 is 0 Å². The summed E-state index contributed by atoms with van der Waals surface area (Å²) >= 11 is 0. The molecule has 1 heteroatoms. The van der Waals surface area contributed by atoms with Gasteiger partial charge < -0.3 is 0 Å². The van der Waals surface area contributed by atoms with Gasteiger partial charge in [0, 0.05) is 6.15 Å². The predicted molar refractivity (Wildman–Crippen MR) is 80.4 cm³/mol. The van der Waals surface area contributed by atoms with E-state index in [1.54, 1.807) is 51.2 Å². The van der Waals surface area contributed by atoms with Gasteiger partial charge in [-0.2, -0.15) is 24.3 Å². The summed E-state index contributed by atoms with van der Waals surface area (Å²) in [4.78, 5) is 0. The fourth-order valence-corrected chi connectivity index (χ4v) is 5.54. The summed E-state index contributed by atoms with van der Waals surface area (Å²) in [7, 11) is 0. The van der Waals surface area contributed by atoms with Crippen LogP contribution in [0.5, 0.6) is 0 Å². The number of fused-ring (bicyclic) bond motifs is 2. The molecule has 0 aliphatic carbocycles. The molecule has 0 aromatic rings. The molecule has 0 unspecified atom stereocenters. The van der Waals surface area contributed by atoms with Crippen molar-refractivity contribution in [3.63, 3.8) is 0 Å². The Kier molecular flexibility index (Phi) is 5.00. The third-order valence-corrected chi connectivity index (χ3v) is 6.37. The standard InChI is InChI=1S/C16H32B/c1-3-5-13-17(14-6-4-2)15-9-7-10-16(17)12-8-11-15/h15-16H,3-14H2,1-2H3/q-1. The van der Waals surface area contributed by atoms with Crippen molar-refractivity contribution in [3.8, 4) is 0 Å². The molecule has 2 saturated heterocycles. The van der Waals surface area contributed by atoms with Crippen LogP contribution < -0.4 is 0 Å². The minimum absolute atomic E-state index is 0.0450. The fourth-order valence-electron chi connectivity index (χ4n) is 5.54. The second-order valence-electron chi connectivity index (χ2n) is 7.09. The number of hydrogen-bond acceptors (Lipinski definition) is 0. The molecule has 0 nitrogen and oxygen atoms in total. The maximum absolute atomic E-state index is 2.38. The van der Waals surface area contributed by atoms with E-state index in [4.69, 9.17) is 0 Å². The van der Waals surface area contributed by atoms with Gasteiger partial charge >= 0.3 is 0 Å². The maximum atomic E-state index is 2.38. The topological polar surface area (TPSA) is 0 Å².